The molecule has 4 nitrogen and oxygen atoms in total. The highest BCUT2D eigenvalue weighted by atomic mass is 79.9. The lowest BCUT2D eigenvalue weighted by molar-refractivity contribution is -0.120. The summed E-state index contributed by atoms with van der Waals surface area (Å²) in [5.41, 5.74) is 5.85. The number of amides is 1. The van der Waals surface area contributed by atoms with Gasteiger partial charge in [-0.2, -0.15) is 0 Å². The van der Waals surface area contributed by atoms with Crippen LogP contribution in [0.15, 0.2) is 53.0 Å². The zero-order valence-electron chi connectivity index (χ0n) is 12.6. The standard InChI is InChI=1S/C17H17BrClN3O/c1-17(10-15(20)21,13-4-2-3-5-14(13)19)16(23)22-12-8-6-11(18)7-9-12/h2-9H,10H2,1H3,(H3,20,21)(H,22,23). The molecule has 0 saturated heterocycles. The van der Waals surface area contributed by atoms with Crippen LogP contribution in [0.25, 0.3) is 0 Å². The highest BCUT2D eigenvalue weighted by Crippen LogP contribution is 2.34. The summed E-state index contributed by atoms with van der Waals surface area (Å²) >= 11 is 9.62. The monoisotopic (exact) mass is 393 g/mol. The number of carbonyl (C=O) groups is 1. The molecule has 23 heavy (non-hydrogen) atoms. The lowest BCUT2D eigenvalue weighted by Gasteiger charge is -2.29. The van der Waals surface area contributed by atoms with Crippen molar-refractivity contribution in [2.24, 2.45) is 5.73 Å². The molecule has 0 heterocycles. The normalized spacial score (nSPS) is 13.2. The first-order chi connectivity index (χ1) is 10.8. The number of carbonyl (C=O) groups excluding carboxylic acids is 1. The van der Waals surface area contributed by atoms with Crippen molar-refractivity contribution in [2.75, 3.05) is 5.32 Å². The number of amidine groups is 1. The van der Waals surface area contributed by atoms with Gasteiger partial charge in [-0.15, -0.1) is 0 Å². The smallest absolute Gasteiger partial charge is 0.235 e. The second-order valence-electron chi connectivity index (χ2n) is 5.47. The van der Waals surface area contributed by atoms with Crippen molar-refractivity contribution >= 4 is 45.0 Å². The molecule has 1 unspecified atom stereocenters. The van der Waals surface area contributed by atoms with E-state index in [2.05, 4.69) is 21.2 Å². The zero-order valence-corrected chi connectivity index (χ0v) is 14.9. The lowest BCUT2D eigenvalue weighted by atomic mass is 9.78. The number of anilines is 1. The Labute approximate surface area is 148 Å². The topological polar surface area (TPSA) is 79.0 Å². The molecule has 1 amide bonds. The van der Waals surface area contributed by atoms with Gasteiger partial charge in [0, 0.05) is 21.6 Å². The Morgan fingerprint density at radius 1 is 1.26 bits per heavy atom. The van der Waals surface area contributed by atoms with Gasteiger partial charge in [-0.05, 0) is 42.8 Å². The summed E-state index contributed by atoms with van der Waals surface area (Å²) < 4.78 is 0.924. The first kappa shape index (κ1) is 17.5. The third kappa shape index (κ3) is 4.12. The van der Waals surface area contributed by atoms with Gasteiger partial charge in [0.05, 0.1) is 11.3 Å². The van der Waals surface area contributed by atoms with E-state index in [1.54, 1.807) is 37.3 Å². The van der Waals surface area contributed by atoms with E-state index in [-0.39, 0.29) is 18.2 Å². The number of nitrogens with two attached hydrogens (primary N) is 1. The Balaban J connectivity index is 2.37. The van der Waals surface area contributed by atoms with E-state index in [9.17, 15) is 4.79 Å². The van der Waals surface area contributed by atoms with Crippen LogP contribution in [0.1, 0.15) is 18.9 Å². The third-order valence-corrected chi connectivity index (χ3v) is 4.47. The Morgan fingerprint density at radius 3 is 2.43 bits per heavy atom. The van der Waals surface area contributed by atoms with Gasteiger partial charge in [0.15, 0.2) is 0 Å². The second-order valence-corrected chi connectivity index (χ2v) is 6.80. The van der Waals surface area contributed by atoms with Crippen molar-refractivity contribution in [1.82, 2.24) is 0 Å². The van der Waals surface area contributed by atoms with E-state index in [1.165, 1.54) is 0 Å². The van der Waals surface area contributed by atoms with Crippen LogP contribution in [0, 0.1) is 5.41 Å². The van der Waals surface area contributed by atoms with Crippen LogP contribution in [0.5, 0.6) is 0 Å². The molecule has 0 spiro atoms. The Morgan fingerprint density at radius 2 is 1.87 bits per heavy atom. The SMILES string of the molecule is CC(CC(=N)N)(C(=O)Nc1ccc(Br)cc1)c1ccccc1Cl. The first-order valence-corrected chi connectivity index (χ1v) is 8.15. The number of halogens is 2. The average Bonchev–Trinajstić information content (AvgIpc) is 2.49. The van der Waals surface area contributed by atoms with Gasteiger partial charge in [-0.3, -0.25) is 10.2 Å². The molecule has 0 aliphatic heterocycles. The van der Waals surface area contributed by atoms with E-state index >= 15 is 0 Å². The molecular formula is C17H17BrClN3O. The predicted molar refractivity (Wildman–Crippen MR) is 98.1 cm³/mol. The zero-order chi connectivity index (χ0) is 17.0. The molecule has 0 aliphatic carbocycles. The molecule has 120 valence electrons. The molecule has 0 aliphatic rings. The third-order valence-electron chi connectivity index (χ3n) is 3.62. The van der Waals surface area contributed by atoms with Crippen molar-refractivity contribution in [3.8, 4) is 0 Å². The van der Waals surface area contributed by atoms with Crippen molar-refractivity contribution in [3.63, 3.8) is 0 Å². The largest absolute Gasteiger partial charge is 0.388 e. The van der Waals surface area contributed by atoms with Gasteiger partial charge in [0.2, 0.25) is 5.91 Å². The maximum Gasteiger partial charge on any atom is 0.235 e. The fourth-order valence-corrected chi connectivity index (χ4v) is 3.00. The molecule has 4 N–H and O–H groups in total. The minimum absolute atomic E-state index is 0.0709. The molecule has 0 radical (unpaired) electrons. The van der Waals surface area contributed by atoms with Crippen LogP contribution in [0.3, 0.4) is 0 Å². The highest BCUT2D eigenvalue weighted by Gasteiger charge is 2.37. The van der Waals surface area contributed by atoms with E-state index in [4.69, 9.17) is 22.7 Å². The summed E-state index contributed by atoms with van der Waals surface area (Å²) in [6.07, 6.45) is 0.0824. The van der Waals surface area contributed by atoms with Crippen LogP contribution >= 0.6 is 27.5 Å². The molecule has 2 aromatic carbocycles. The van der Waals surface area contributed by atoms with Crippen LogP contribution in [0.2, 0.25) is 5.02 Å². The second kappa shape index (κ2) is 7.15. The molecule has 0 aromatic heterocycles. The van der Waals surface area contributed by atoms with Gasteiger partial charge in [-0.25, -0.2) is 0 Å². The Bertz CT molecular complexity index is 733. The maximum absolute atomic E-state index is 12.9. The molecule has 0 bridgehead atoms. The number of hydrogen-bond acceptors (Lipinski definition) is 2. The van der Waals surface area contributed by atoms with Crippen molar-refractivity contribution < 1.29 is 4.79 Å². The molecule has 0 saturated carbocycles. The Kier molecular flexibility index (Phi) is 5.44. The number of nitrogens with one attached hydrogen (secondary N) is 2. The molecule has 1 atom stereocenters. The summed E-state index contributed by atoms with van der Waals surface area (Å²) in [4.78, 5) is 12.9. The Hall–Kier alpha value is -1.85. The van der Waals surface area contributed by atoms with Gasteiger partial charge < -0.3 is 11.1 Å². The summed E-state index contributed by atoms with van der Waals surface area (Å²) in [6.45, 7) is 1.74. The van der Waals surface area contributed by atoms with Crippen LogP contribution < -0.4 is 11.1 Å². The van der Waals surface area contributed by atoms with Crippen molar-refractivity contribution in [1.29, 1.82) is 5.41 Å². The van der Waals surface area contributed by atoms with E-state index in [1.807, 2.05) is 18.2 Å². The number of hydrogen-bond donors (Lipinski definition) is 3. The fraction of sp³-hybridized carbons (Fsp3) is 0.176. The van der Waals surface area contributed by atoms with E-state index in [0.29, 0.717) is 16.3 Å². The van der Waals surface area contributed by atoms with Gasteiger partial charge in [0.25, 0.3) is 0 Å². The van der Waals surface area contributed by atoms with Gasteiger partial charge in [0.1, 0.15) is 0 Å². The molecule has 2 rings (SSSR count). The first-order valence-electron chi connectivity index (χ1n) is 6.98. The molecular weight excluding hydrogens is 378 g/mol. The predicted octanol–water partition coefficient (Wildman–Crippen LogP) is 4.32. The van der Waals surface area contributed by atoms with Gasteiger partial charge in [-0.1, -0.05) is 45.7 Å². The summed E-state index contributed by atoms with van der Waals surface area (Å²) in [5.74, 6) is -0.332. The quantitative estimate of drug-likeness (QED) is 0.521. The average molecular weight is 395 g/mol. The minimum atomic E-state index is -1.03. The van der Waals surface area contributed by atoms with E-state index < -0.39 is 5.41 Å². The molecule has 0 fully saturated rings. The highest BCUT2D eigenvalue weighted by molar-refractivity contribution is 9.10. The minimum Gasteiger partial charge on any atom is -0.388 e. The van der Waals surface area contributed by atoms with Crippen LogP contribution in [-0.2, 0) is 10.2 Å². The molecule has 2 aromatic rings. The number of benzene rings is 2. The lowest BCUT2D eigenvalue weighted by Crippen LogP contribution is -2.41. The number of rotatable bonds is 5. The summed E-state index contributed by atoms with van der Waals surface area (Å²) in [5, 5.41) is 11.0. The van der Waals surface area contributed by atoms with E-state index in [0.717, 1.165) is 4.47 Å². The van der Waals surface area contributed by atoms with Crippen LogP contribution in [-0.4, -0.2) is 11.7 Å². The van der Waals surface area contributed by atoms with Crippen molar-refractivity contribution in [3.05, 3.63) is 63.6 Å². The maximum atomic E-state index is 12.9. The fourth-order valence-electron chi connectivity index (χ4n) is 2.39. The summed E-state index contributed by atoms with van der Waals surface area (Å²) in [6, 6.07) is 14.4. The summed E-state index contributed by atoms with van der Waals surface area (Å²) in [7, 11) is 0. The molecule has 6 heteroatoms. The van der Waals surface area contributed by atoms with Crippen LogP contribution in [0.4, 0.5) is 5.69 Å². The van der Waals surface area contributed by atoms with Crippen molar-refractivity contribution in [2.45, 2.75) is 18.8 Å². The van der Waals surface area contributed by atoms with Gasteiger partial charge >= 0.3 is 0 Å².